The van der Waals surface area contributed by atoms with Gasteiger partial charge in [-0.1, -0.05) is 36.8 Å². The largest absolute Gasteiger partial charge is 0.481 e. The Morgan fingerprint density at radius 3 is 2.35 bits per heavy atom. The standard InChI is InChI=1S/C28H29F3N4O4S/c1-27(26(36)37)14-16-35(17-15-27)23-10-5-11-24(33-23)40(38,39)34-22-13-12-21(28(29,30)31)25(32-22)20-9-3-2-8-19(20)18-6-4-7-18/h2-3,5,8-13,18H,4,6-7,14-17H2,1H3,(H,32,34)(H,36,37). The third kappa shape index (κ3) is 5.49. The van der Waals surface area contributed by atoms with Crippen molar-refractivity contribution in [2.75, 3.05) is 22.7 Å². The van der Waals surface area contributed by atoms with E-state index in [0.29, 0.717) is 37.3 Å². The molecule has 3 heterocycles. The monoisotopic (exact) mass is 574 g/mol. The van der Waals surface area contributed by atoms with Crippen LogP contribution < -0.4 is 9.62 Å². The Labute approximate surface area is 230 Å². The van der Waals surface area contributed by atoms with Crippen LogP contribution in [0, 0.1) is 5.41 Å². The van der Waals surface area contributed by atoms with Crippen molar-refractivity contribution in [3.63, 3.8) is 0 Å². The van der Waals surface area contributed by atoms with E-state index in [0.717, 1.165) is 37.0 Å². The molecule has 1 saturated heterocycles. The molecule has 1 aromatic carbocycles. The van der Waals surface area contributed by atoms with E-state index in [1.165, 1.54) is 12.1 Å². The van der Waals surface area contributed by atoms with Crippen LogP contribution in [-0.4, -0.2) is 42.6 Å². The molecule has 0 amide bonds. The fourth-order valence-corrected chi connectivity index (χ4v) is 6.07. The van der Waals surface area contributed by atoms with Crippen molar-refractivity contribution in [2.45, 2.75) is 56.1 Å². The molecular formula is C28H29F3N4O4S. The molecule has 2 fully saturated rings. The first-order valence-electron chi connectivity index (χ1n) is 13.0. The van der Waals surface area contributed by atoms with E-state index < -0.39 is 33.1 Å². The number of benzene rings is 1. The van der Waals surface area contributed by atoms with E-state index >= 15 is 0 Å². The zero-order valence-electron chi connectivity index (χ0n) is 21.8. The summed E-state index contributed by atoms with van der Waals surface area (Å²) in [6, 6.07) is 13.1. The van der Waals surface area contributed by atoms with Crippen LogP contribution in [-0.2, 0) is 21.0 Å². The van der Waals surface area contributed by atoms with Gasteiger partial charge in [0.05, 0.1) is 16.7 Å². The summed E-state index contributed by atoms with van der Waals surface area (Å²) < 4.78 is 70.8. The van der Waals surface area contributed by atoms with Gasteiger partial charge >= 0.3 is 12.1 Å². The van der Waals surface area contributed by atoms with Crippen molar-refractivity contribution >= 4 is 27.6 Å². The maximum absolute atomic E-state index is 14.0. The van der Waals surface area contributed by atoms with Gasteiger partial charge in [0, 0.05) is 18.7 Å². The average molecular weight is 575 g/mol. The molecule has 3 aromatic rings. The van der Waals surface area contributed by atoms with E-state index in [-0.39, 0.29) is 22.5 Å². The number of piperidine rings is 1. The van der Waals surface area contributed by atoms with Gasteiger partial charge in [0.15, 0.2) is 5.03 Å². The minimum absolute atomic E-state index is 0.134. The molecule has 0 bridgehead atoms. The summed E-state index contributed by atoms with van der Waals surface area (Å²) in [5.41, 5.74) is -1.03. The molecule has 8 nitrogen and oxygen atoms in total. The van der Waals surface area contributed by atoms with E-state index in [1.54, 1.807) is 37.3 Å². The number of alkyl halides is 3. The van der Waals surface area contributed by atoms with Gasteiger partial charge in [0.2, 0.25) is 0 Å². The molecule has 0 radical (unpaired) electrons. The molecule has 1 saturated carbocycles. The quantitative estimate of drug-likeness (QED) is 0.360. The number of aromatic nitrogens is 2. The van der Waals surface area contributed by atoms with E-state index in [1.807, 2.05) is 4.90 Å². The number of carboxylic acids is 1. The van der Waals surface area contributed by atoms with Gasteiger partial charge in [-0.3, -0.25) is 9.52 Å². The number of nitrogens with zero attached hydrogens (tertiary/aromatic N) is 3. The second-order valence-corrected chi connectivity index (χ2v) is 12.2. The lowest BCUT2D eigenvalue weighted by Gasteiger charge is -2.37. The van der Waals surface area contributed by atoms with Crippen LogP contribution in [0.25, 0.3) is 11.3 Å². The number of sulfonamides is 1. The van der Waals surface area contributed by atoms with Crippen LogP contribution >= 0.6 is 0 Å². The molecule has 12 heteroatoms. The first-order valence-corrected chi connectivity index (χ1v) is 14.5. The molecule has 40 heavy (non-hydrogen) atoms. The van der Waals surface area contributed by atoms with Gasteiger partial charge in [0.1, 0.15) is 11.6 Å². The van der Waals surface area contributed by atoms with Crippen molar-refractivity contribution in [1.29, 1.82) is 0 Å². The number of nitrogens with one attached hydrogen (secondary N) is 1. The third-order valence-electron chi connectivity index (χ3n) is 7.89. The molecule has 1 aliphatic heterocycles. The Morgan fingerprint density at radius 1 is 1.02 bits per heavy atom. The number of rotatable bonds is 7. The average Bonchev–Trinajstić information content (AvgIpc) is 2.87. The molecule has 0 spiro atoms. The van der Waals surface area contributed by atoms with Crippen molar-refractivity contribution < 1.29 is 31.5 Å². The molecular weight excluding hydrogens is 545 g/mol. The van der Waals surface area contributed by atoms with Crippen molar-refractivity contribution in [2.24, 2.45) is 5.41 Å². The third-order valence-corrected chi connectivity index (χ3v) is 9.15. The highest BCUT2D eigenvalue weighted by molar-refractivity contribution is 7.92. The molecule has 5 rings (SSSR count). The Balaban J connectivity index is 1.44. The summed E-state index contributed by atoms with van der Waals surface area (Å²) in [5, 5.41) is 9.14. The lowest BCUT2D eigenvalue weighted by molar-refractivity contribution is -0.149. The van der Waals surface area contributed by atoms with Crippen LogP contribution in [0.1, 0.15) is 56.1 Å². The zero-order chi connectivity index (χ0) is 28.7. The molecule has 0 atom stereocenters. The fraction of sp³-hybridized carbons (Fsp3) is 0.393. The van der Waals surface area contributed by atoms with E-state index in [2.05, 4.69) is 14.7 Å². The highest BCUT2D eigenvalue weighted by Crippen LogP contribution is 2.44. The molecule has 0 unspecified atom stereocenters. The molecule has 2 aliphatic rings. The van der Waals surface area contributed by atoms with Crippen molar-refractivity contribution in [3.05, 3.63) is 65.7 Å². The normalized spacial score (nSPS) is 17.8. The Morgan fingerprint density at radius 2 is 1.73 bits per heavy atom. The maximum Gasteiger partial charge on any atom is 0.418 e. The van der Waals surface area contributed by atoms with Gasteiger partial charge in [-0.25, -0.2) is 9.97 Å². The minimum Gasteiger partial charge on any atom is -0.481 e. The SMILES string of the molecule is CC1(C(=O)O)CCN(c2cccc(S(=O)(=O)Nc3ccc(C(F)(F)F)c(-c4ccccc4C4CCC4)n3)n2)CC1. The first kappa shape index (κ1) is 27.9. The number of carbonyl (C=O) groups is 1. The smallest absolute Gasteiger partial charge is 0.418 e. The van der Waals surface area contributed by atoms with Crippen LogP contribution in [0.5, 0.6) is 0 Å². The summed E-state index contributed by atoms with van der Waals surface area (Å²) in [4.78, 5) is 21.8. The zero-order valence-corrected chi connectivity index (χ0v) is 22.6. The number of anilines is 2. The lowest BCUT2D eigenvalue weighted by atomic mass is 9.77. The van der Waals surface area contributed by atoms with Gasteiger partial charge < -0.3 is 10.0 Å². The van der Waals surface area contributed by atoms with Gasteiger partial charge in [-0.05, 0) is 68.4 Å². The highest BCUT2D eigenvalue weighted by atomic mass is 32.2. The summed E-state index contributed by atoms with van der Waals surface area (Å²) in [5.74, 6) is -0.631. The predicted molar refractivity (Wildman–Crippen MR) is 144 cm³/mol. The number of hydrogen-bond donors (Lipinski definition) is 2. The van der Waals surface area contributed by atoms with Crippen LogP contribution in [0.3, 0.4) is 0 Å². The van der Waals surface area contributed by atoms with Crippen LogP contribution in [0.2, 0.25) is 0 Å². The van der Waals surface area contributed by atoms with E-state index in [4.69, 9.17) is 0 Å². The molecule has 1 aliphatic carbocycles. The number of halogens is 3. The van der Waals surface area contributed by atoms with Crippen LogP contribution in [0.4, 0.5) is 24.8 Å². The van der Waals surface area contributed by atoms with E-state index in [9.17, 15) is 31.5 Å². The number of hydrogen-bond acceptors (Lipinski definition) is 6. The van der Waals surface area contributed by atoms with Gasteiger partial charge in [-0.2, -0.15) is 21.6 Å². The lowest BCUT2D eigenvalue weighted by Crippen LogP contribution is -2.43. The summed E-state index contributed by atoms with van der Waals surface area (Å²) in [6.45, 7) is 2.45. The predicted octanol–water partition coefficient (Wildman–Crippen LogP) is 5.92. The topological polar surface area (TPSA) is 112 Å². The Bertz CT molecular complexity index is 1530. The number of carboxylic acid groups (broad SMARTS) is 1. The maximum atomic E-state index is 14.0. The molecule has 2 N–H and O–H groups in total. The number of pyridine rings is 2. The Hall–Kier alpha value is -3.67. The Kier molecular flexibility index (Phi) is 7.24. The second-order valence-electron chi connectivity index (χ2n) is 10.6. The molecule has 212 valence electrons. The van der Waals surface area contributed by atoms with Gasteiger partial charge in [0.25, 0.3) is 10.0 Å². The summed E-state index contributed by atoms with van der Waals surface area (Å²) >= 11 is 0. The number of aliphatic carboxylic acids is 1. The fourth-order valence-electron chi connectivity index (χ4n) is 5.10. The summed E-state index contributed by atoms with van der Waals surface area (Å²) in [7, 11) is -4.30. The minimum atomic E-state index is -4.69. The van der Waals surface area contributed by atoms with Crippen molar-refractivity contribution in [1.82, 2.24) is 9.97 Å². The second kappa shape index (κ2) is 10.4. The highest BCUT2D eigenvalue weighted by Gasteiger charge is 2.38. The van der Waals surface area contributed by atoms with Crippen molar-refractivity contribution in [3.8, 4) is 11.3 Å². The first-order chi connectivity index (χ1) is 18.9. The van der Waals surface area contributed by atoms with Gasteiger partial charge in [-0.15, -0.1) is 0 Å². The summed E-state index contributed by atoms with van der Waals surface area (Å²) in [6.07, 6.45) is -1.19. The van der Waals surface area contributed by atoms with Crippen LogP contribution in [0.15, 0.2) is 59.6 Å². The molecule has 2 aromatic heterocycles.